The van der Waals surface area contributed by atoms with E-state index in [0.29, 0.717) is 17.9 Å². The maximum absolute atomic E-state index is 12.3. The lowest BCUT2D eigenvalue weighted by molar-refractivity contribution is 0.102. The SMILES string of the molecule is CCCOc1ccc(C(=O)Nc2ccc(S(=O)(=O)NC(C)C)cc2)cc1. The third kappa shape index (κ3) is 5.57. The van der Waals surface area contributed by atoms with Gasteiger partial charge in [-0.2, -0.15) is 0 Å². The van der Waals surface area contributed by atoms with Crippen LogP contribution in [0.5, 0.6) is 5.75 Å². The van der Waals surface area contributed by atoms with Crippen molar-refractivity contribution in [3.05, 3.63) is 54.1 Å². The predicted octanol–water partition coefficient (Wildman–Crippen LogP) is 3.41. The number of sulfonamides is 1. The quantitative estimate of drug-likeness (QED) is 0.739. The Morgan fingerprint density at radius 3 is 2.19 bits per heavy atom. The molecule has 1 amide bonds. The molecule has 0 aliphatic carbocycles. The Bertz CT molecular complexity index is 829. The van der Waals surface area contributed by atoms with E-state index in [1.54, 1.807) is 50.2 Å². The highest BCUT2D eigenvalue weighted by molar-refractivity contribution is 7.89. The van der Waals surface area contributed by atoms with Crippen LogP contribution in [0, 0.1) is 0 Å². The molecule has 2 aromatic rings. The Morgan fingerprint density at radius 1 is 1.04 bits per heavy atom. The number of hydrogen-bond acceptors (Lipinski definition) is 4. The summed E-state index contributed by atoms with van der Waals surface area (Å²) in [5, 5.41) is 2.75. The molecule has 0 atom stereocenters. The molecule has 0 bridgehead atoms. The highest BCUT2D eigenvalue weighted by atomic mass is 32.2. The van der Waals surface area contributed by atoms with Gasteiger partial charge in [-0.15, -0.1) is 0 Å². The lowest BCUT2D eigenvalue weighted by Gasteiger charge is -2.11. The predicted molar refractivity (Wildman–Crippen MR) is 102 cm³/mol. The van der Waals surface area contributed by atoms with Gasteiger partial charge in [0.1, 0.15) is 5.75 Å². The molecule has 0 aromatic heterocycles. The van der Waals surface area contributed by atoms with Crippen molar-refractivity contribution in [1.82, 2.24) is 4.72 Å². The third-order valence-electron chi connectivity index (χ3n) is 3.40. The summed E-state index contributed by atoms with van der Waals surface area (Å²) in [4.78, 5) is 12.4. The van der Waals surface area contributed by atoms with Gasteiger partial charge in [-0.1, -0.05) is 6.92 Å². The first-order chi connectivity index (χ1) is 12.3. The van der Waals surface area contributed by atoms with Crippen LogP contribution in [0.15, 0.2) is 53.4 Å². The van der Waals surface area contributed by atoms with Gasteiger partial charge in [0.25, 0.3) is 5.91 Å². The summed E-state index contributed by atoms with van der Waals surface area (Å²) in [5.41, 5.74) is 1.01. The van der Waals surface area contributed by atoms with Crippen LogP contribution >= 0.6 is 0 Å². The fourth-order valence-corrected chi connectivity index (χ4v) is 3.47. The fourth-order valence-electron chi connectivity index (χ4n) is 2.22. The molecule has 2 N–H and O–H groups in total. The Labute approximate surface area is 154 Å². The summed E-state index contributed by atoms with van der Waals surface area (Å²) in [6, 6.07) is 12.7. The Hall–Kier alpha value is -2.38. The van der Waals surface area contributed by atoms with E-state index < -0.39 is 10.0 Å². The van der Waals surface area contributed by atoms with Crippen molar-refractivity contribution in [2.45, 2.75) is 38.1 Å². The molecule has 0 unspecified atom stereocenters. The highest BCUT2D eigenvalue weighted by Gasteiger charge is 2.15. The topological polar surface area (TPSA) is 84.5 Å². The summed E-state index contributed by atoms with van der Waals surface area (Å²) in [6.45, 7) is 6.17. The van der Waals surface area contributed by atoms with Gasteiger partial charge in [-0.25, -0.2) is 13.1 Å². The van der Waals surface area contributed by atoms with Gasteiger partial charge in [0.05, 0.1) is 11.5 Å². The molecule has 0 fully saturated rings. The molecule has 0 saturated heterocycles. The molecule has 0 aliphatic rings. The van der Waals surface area contributed by atoms with E-state index in [1.165, 1.54) is 12.1 Å². The number of ether oxygens (including phenoxy) is 1. The molecule has 6 nitrogen and oxygen atoms in total. The number of carbonyl (C=O) groups excluding carboxylic acids is 1. The molecule has 2 aromatic carbocycles. The van der Waals surface area contributed by atoms with Crippen molar-refractivity contribution < 1.29 is 17.9 Å². The number of amides is 1. The van der Waals surface area contributed by atoms with E-state index in [4.69, 9.17) is 4.74 Å². The van der Waals surface area contributed by atoms with E-state index >= 15 is 0 Å². The molecule has 0 spiro atoms. The number of anilines is 1. The summed E-state index contributed by atoms with van der Waals surface area (Å²) in [6.07, 6.45) is 0.917. The molecule has 0 aliphatic heterocycles. The van der Waals surface area contributed by atoms with Gasteiger partial charge in [0.15, 0.2) is 0 Å². The molecule has 26 heavy (non-hydrogen) atoms. The summed E-state index contributed by atoms with van der Waals surface area (Å²) >= 11 is 0. The zero-order chi connectivity index (χ0) is 19.2. The van der Waals surface area contributed by atoms with Crippen LogP contribution in [-0.4, -0.2) is 27.0 Å². The Kier molecular flexibility index (Phi) is 6.76. The standard InChI is InChI=1S/C19H24N2O4S/c1-4-13-25-17-9-5-15(6-10-17)19(22)20-16-7-11-18(12-8-16)26(23,24)21-14(2)3/h5-12,14,21H,4,13H2,1-3H3,(H,20,22). The minimum Gasteiger partial charge on any atom is -0.494 e. The second kappa shape index (κ2) is 8.82. The number of nitrogens with one attached hydrogen (secondary N) is 2. The van der Waals surface area contributed by atoms with Crippen LogP contribution in [0.25, 0.3) is 0 Å². The molecule has 0 radical (unpaired) electrons. The van der Waals surface area contributed by atoms with Gasteiger partial charge < -0.3 is 10.1 Å². The van der Waals surface area contributed by atoms with Crippen LogP contribution < -0.4 is 14.8 Å². The second-order valence-corrected chi connectivity index (χ2v) is 7.84. The fraction of sp³-hybridized carbons (Fsp3) is 0.316. The van der Waals surface area contributed by atoms with E-state index in [9.17, 15) is 13.2 Å². The number of benzene rings is 2. The zero-order valence-electron chi connectivity index (χ0n) is 15.2. The van der Waals surface area contributed by atoms with Crippen molar-refractivity contribution in [1.29, 1.82) is 0 Å². The minimum absolute atomic E-state index is 0.154. The Morgan fingerprint density at radius 2 is 1.65 bits per heavy atom. The van der Waals surface area contributed by atoms with Gasteiger partial charge in [0.2, 0.25) is 10.0 Å². The summed E-state index contributed by atoms with van der Waals surface area (Å²) in [7, 11) is -3.55. The second-order valence-electron chi connectivity index (χ2n) is 6.13. The van der Waals surface area contributed by atoms with Crippen LogP contribution in [-0.2, 0) is 10.0 Å². The molecule has 0 saturated carbocycles. The largest absolute Gasteiger partial charge is 0.494 e. The van der Waals surface area contributed by atoms with Crippen molar-refractivity contribution in [3.8, 4) is 5.75 Å². The molecule has 7 heteroatoms. The minimum atomic E-state index is -3.55. The monoisotopic (exact) mass is 376 g/mol. The molecular weight excluding hydrogens is 352 g/mol. The number of carbonyl (C=O) groups is 1. The molecular formula is C19H24N2O4S. The first-order valence-electron chi connectivity index (χ1n) is 8.48. The van der Waals surface area contributed by atoms with E-state index in [2.05, 4.69) is 10.0 Å². The number of hydrogen-bond donors (Lipinski definition) is 2. The van der Waals surface area contributed by atoms with Gasteiger partial charge >= 0.3 is 0 Å². The van der Waals surface area contributed by atoms with Crippen molar-refractivity contribution >= 4 is 21.6 Å². The van der Waals surface area contributed by atoms with Gasteiger partial charge in [-0.05, 0) is 68.8 Å². The van der Waals surface area contributed by atoms with Crippen molar-refractivity contribution in [2.24, 2.45) is 0 Å². The summed E-state index contributed by atoms with van der Waals surface area (Å²) < 4.78 is 32.2. The van der Waals surface area contributed by atoms with Crippen LogP contribution in [0.1, 0.15) is 37.6 Å². The summed E-state index contributed by atoms with van der Waals surface area (Å²) in [5.74, 6) is 0.443. The van der Waals surface area contributed by atoms with Crippen molar-refractivity contribution in [3.63, 3.8) is 0 Å². The average Bonchev–Trinajstić information content (AvgIpc) is 2.59. The Balaban J connectivity index is 2.03. The third-order valence-corrected chi connectivity index (χ3v) is 5.08. The normalized spacial score (nSPS) is 11.4. The van der Waals surface area contributed by atoms with Crippen LogP contribution in [0.4, 0.5) is 5.69 Å². The van der Waals surface area contributed by atoms with Crippen molar-refractivity contribution in [2.75, 3.05) is 11.9 Å². The molecule has 0 heterocycles. The maximum atomic E-state index is 12.3. The lowest BCUT2D eigenvalue weighted by Crippen LogP contribution is -2.30. The zero-order valence-corrected chi connectivity index (χ0v) is 16.0. The lowest BCUT2D eigenvalue weighted by atomic mass is 10.2. The highest BCUT2D eigenvalue weighted by Crippen LogP contribution is 2.17. The van der Waals surface area contributed by atoms with Gasteiger partial charge in [0, 0.05) is 17.3 Å². The van der Waals surface area contributed by atoms with E-state index in [-0.39, 0.29) is 16.8 Å². The average molecular weight is 376 g/mol. The molecule has 2 rings (SSSR count). The number of rotatable bonds is 8. The van der Waals surface area contributed by atoms with Gasteiger partial charge in [-0.3, -0.25) is 4.79 Å². The molecule has 140 valence electrons. The van der Waals surface area contributed by atoms with Crippen LogP contribution in [0.2, 0.25) is 0 Å². The first-order valence-corrected chi connectivity index (χ1v) is 9.96. The van der Waals surface area contributed by atoms with E-state index in [1.807, 2.05) is 6.92 Å². The first kappa shape index (κ1) is 19.9. The smallest absolute Gasteiger partial charge is 0.255 e. The van der Waals surface area contributed by atoms with E-state index in [0.717, 1.165) is 12.2 Å². The van der Waals surface area contributed by atoms with Crippen LogP contribution in [0.3, 0.4) is 0 Å². The maximum Gasteiger partial charge on any atom is 0.255 e.